The third-order valence-corrected chi connectivity index (χ3v) is 1.85. The van der Waals surface area contributed by atoms with Gasteiger partial charge in [-0.05, 0) is 6.42 Å². The Kier molecular flexibility index (Phi) is 10.7. The number of nitroso groups, excluding NO2 is 1. The summed E-state index contributed by atoms with van der Waals surface area (Å²) < 4.78 is 0. The summed E-state index contributed by atoms with van der Waals surface area (Å²) in [6.45, 7) is 0. The van der Waals surface area contributed by atoms with Crippen LogP contribution in [-0.2, 0) is 24.0 Å². The van der Waals surface area contributed by atoms with Crippen LogP contribution in [-0.4, -0.2) is 56.1 Å². The molecule has 0 saturated carbocycles. The Morgan fingerprint density at radius 3 is 1.57 bits per heavy atom. The number of carbonyl (C=O) groups excluding carboxylic acids is 1. The predicted molar refractivity (Wildman–Crippen MR) is 63.6 cm³/mol. The molecule has 0 aromatic carbocycles. The molecule has 0 unspecified atom stereocenters. The second kappa shape index (κ2) is 11.0. The number of carbonyl (C=O) groups is 5. The number of hydrogen-bond donors (Lipinski definition) is 4. The van der Waals surface area contributed by atoms with Crippen molar-refractivity contribution in [2.24, 2.45) is 5.18 Å². The highest BCUT2D eigenvalue weighted by Gasteiger charge is 2.18. The topological polar surface area (TPSA) is 196 Å². The zero-order chi connectivity index (χ0) is 17.0. The van der Waals surface area contributed by atoms with Gasteiger partial charge in [0, 0.05) is 12.8 Å². The Balaban J connectivity index is 0. The van der Waals surface area contributed by atoms with E-state index in [0.29, 0.717) is 0 Å². The quantitative estimate of drug-likeness (QED) is 0.320. The van der Waals surface area contributed by atoms with Gasteiger partial charge in [0.2, 0.25) is 5.78 Å². The second-order valence-electron chi connectivity index (χ2n) is 3.51. The Hall–Kier alpha value is -2.85. The van der Waals surface area contributed by atoms with Crippen molar-refractivity contribution in [3.8, 4) is 0 Å². The number of rotatable bonds is 9. The molecule has 0 rings (SSSR count). The first-order chi connectivity index (χ1) is 9.61. The zero-order valence-electron chi connectivity index (χ0n) is 10.6. The number of carboxylic acid groups (broad SMARTS) is 4. The Bertz CT molecular complexity index is 430. The van der Waals surface area contributed by atoms with Crippen molar-refractivity contribution >= 4 is 29.7 Å². The Morgan fingerprint density at radius 1 is 0.810 bits per heavy atom. The van der Waals surface area contributed by atoms with Crippen LogP contribution in [0.4, 0.5) is 0 Å². The molecule has 1 atom stereocenters. The molecule has 11 heteroatoms. The van der Waals surface area contributed by atoms with E-state index in [9.17, 15) is 28.9 Å². The minimum atomic E-state index is -1.58. The van der Waals surface area contributed by atoms with Gasteiger partial charge >= 0.3 is 23.9 Å². The molecular formula is C10H13NO10. The van der Waals surface area contributed by atoms with E-state index < -0.39 is 48.5 Å². The van der Waals surface area contributed by atoms with Gasteiger partial charge in [-0.3, -0.25) is 14.4 Å². The van der Waals surface area contributed by atoms with Crippen LogP contribution in [0.3, 0.4) is 0 Å². The van der Waals surface area contributed by atoms with Gasteiger partial charge in [-0.15, -0.1) is 4.91 Å². The first-order valence-electron chi connectivity index (χ1n) is 5.36. The highest BCUT2D eigenvalue weighted by molar-refractivity contribution is 6.32. The van der Waals surface area contributed by atoms with Crippen LogP contribution in [0.2, 0.25) is 0 Å². The summed E-state index contributed by atoms with van der Waals surface area (Å²) >= 11 is 0. The molecule has 0 bridgehead atoms. The van der Waals surface area contributed by atoms with Crippen LogP contribution >= 0.6 is 0 Å². The largest absolute Gasteiger partial charge is 0.481 e. The number of carboxylic acids is 4. The van der Waals surface area contributed by atoms with Gasteiger partial charge in [0.15, 0.2) is 6.04 Å². The van der Waals surface area contributed by atoms with E-state index in [2.05, 4.69) is 5.18 Å². The second-order valence-corrected chi connectivity index (χ2v) is 3.51. The van der Waals surface area contributed by atoms with Crippen LogP contribution < -0.4 is 0 Å². The standard InChI is InChI=1S/C5H7NO5.C5H6O5/c7-4(8)2-1-3(6-11)5(9)10;6-3(5(9)10)1-2-4(7)8/h3H,1-2H2,(H,7,8)(H,9,10);1-2H2,(H,7,8)(H,9,10)/t3-;/m0./s1. The summed E-state index contributed by atoms with van der Waals surface area (Å²) in [6, 6.07) is -1.44. The fraction of sp³-hybridized carbons (Fsp3) is 0.500. The van der Waals surface area contributed by atoms with Crippen LogP contribution in [0.25, 0.3) is 0 Å². The average Bonchev–Trinajstić information content (AvgIpc) is 2.36. The lowest BCUT2D eigenvalue weighted by molar-refractivity contribution is -0.150. The van der Waals surface area contributed by atoms with Gasteiger partial charge in [-0.1, -0.05) is 5.18 Å². The van der Waals surface area contributed by atoms with Crippen LogP contribution in [0, 0.1) is 4.91 Å². The first kappa shape index (κ1) is 20.5. The number of Topliss-reactive ketones (excluding diaryl/α,β-unsaturated/α-hetero) is 1. The van der Waals surface area contributed by atoms with Gasteiger partial charge in [0.1, 0.15) is 0 Å². The maximum absolute atomic E-state index is 10.2. The molecule has 0 aliphatic rings. The van der Waals surface area contributed by atoms with E-state index in [1.54, 1.807) is 0 Å². The molecule has 0 aliphatic heterocycles. The summed E-state index contributed by atoms with van der Waals surface area (Å²) in [4.78, 5) is 59.4. The number of hydrogen-bond acceptors (Lipinski definition) is 7. The van der Waals surface area contributed by atoms with Crippen molar-refractivity contribution in [1.82, 2.24) is 0 Å². The SMILES string of the molecule is O=C(O)CCC(=O)C(=O)O.O=N[C@@H](CCC(=O)O)C(=O)O. The molecule has 0 radical (unpaired) electrons. The summed E-state index contributed by atoms with van der Waals surface area (Å²) in [5.41, 5.74) is 0. The molecule has 0 aromatic heterocycles. The van der Waals surface area contributed by atoms with Gasteiger partial charge in [-0.2, -0.15) is 0 Å². The molecule has 0 heterocycles. The maximum atomic E-state index is 10.2. The zero-order valence-corrected chi connectivity index (χ0v) is 10.6. The molecule has 0 aromatic rings. The minimum absolute atomic E-state index is 0.256. The lowest BCUT2D eigenvalue weighted by atomic mass is 10.2. The third-order valence-electron chi connectivity index (χ3n) is 1.85. The highest BCUT2D eigenvalue weighted by atomic mass is 16.4. The normalized spacial score (nSPS) is 10.5. The monoisotopic (exact) mass is 307 g/mol. The summed E-state index contributed by atoms with van der Waals surface area (Å²) in [5, 5.41) is 34.5. The molecular weight excluding hydrogens is 294 g/mol. The lowest BCUT2D eigenvalue weighted by Crippen LogP contribution is -2.18. The third kappa shape index (κ3) is 13.4. The minimum Gasteiger partial charge on any atom is -0.481 e. The first-order valence-corrected chi connectivity index (χ1v) is 5.36. The summed E-state index contributed by atoms with van der Waals surface area (Å²) in [7, 11) is 0. The average molecular weight is 307 g/mol. The Morgan fingerprint density at radius 2 is 1.29 bits per heavy atom. The van der Waals surface area contributed by atoms with E-state index in [-0.39, 0.29) is 12.8 Å². The van der Waals surface area contributed by atoms with E-state index in [0.717, 1.165) is 0 Å². The molecule has 0 aliphatic carbocycles. The van der Waals surface area contributed by atoms with Crippen molar-refractivity contribution in [2.45, 2.75) is 31.7 Å². The smallest absolute Gasteiger partial charge is 0.372 e. The van der Waals surface area contributed by atoms with Crippen LogP contribution in [0.1, 0.15) is 25.7 Å². The van der Waals surface area contributed by atoms with Crippen LogP contribution in [0.5, 0.6) is 0 Å². The number of nitrogens with zero attached hydrogens (tertiary/aromatic N) is 1. The maximum Gasteiger partial charge on any atom is 0.372 e. The van der Waals surface area contributed by atoms with E-state index >= 15 is 0 Å². The van der Waals surface area contributed by atoms with Crippen molar-refractivity contribution < 1.29 is 44.4 Å². The molecule has 0 spiro atoms. The predicted octanol–water partition coefficient (Wildman–Crippen LogP) is -0.424. The van der Waals surface area contributed by atoms with Crippen molar-refractivity contribution in [3.05, 3.63) is 4.91 Å². The van der Waals surface area contributed by atoms with E-state index in [4.69, 9.17) is 20.4 Å². The van der Waals surface area contributed by atoms with Gasteiger partial charge in [0.05, 0.1) is 6.42 Å². The molecule has 0 saturated heterocycles. The molecule has 21 heavy (non-hydrogen) atoms. The summed E-state index contributed by atoms with van der Waals surface area (Å²) in [5.74, 6) is -6.35. The number of ketones is 1. The van der Waals surface area contributed by atoms with Crippen molar-refractivity contribution in [3.63, 3.8) is 0 Å². The molecule has 0 amide bonds. The summed E-state index contributed by atoms with van der Waals surface area (Å²) in [6.07, 6.45) is -1.48. The van der Waals surface area contributed by atoms with Gasteiger partial charge in [0.25, 0.3) is 0 Å². The van der Waals surface area contributed by atoms with Crippen molar-refractivity contribution in [1.29, 1.82) is 0 Å². The molecule has 11 nitrogen and oxygen atoms in total. The number of aliphatic carboxylic acids is 4. The molecule has 118 valence electrons. The fourth-order valence-corrected chi connectivity index (χ4v) is 0.809. The van der Waals surface area contributed by atoms with Crippen LogP contribution in [0.15, 0.2) is 5.18 Å². The van der Waals surface area contributed by atoms with Crippen molar-refractivity contribution in [2.75, 3.05) is 0 Å². The van der Waals surface area contributed by atoms with Gasteiger partial charge < -0.3 is 20.4 Å². The van der Waals surface area contributed by atoms with E-state index in [1.165, 1.54) is 0 Å². The highest BCUT2D eigenvalue weighted by Crippen LogP contribution is 2.01. The lowest BCUT2D eigenvalue weighted by Gasteiger charge is -1.98. The molecule has 0 fully saturated rings. The fourth-order valence-electron chi connectivity index (χ4n) is 0.809. The Labute approximate surface area is 117 Å². The van der Waals surface area contributed by atoms with E-state index in [1.807, 2.05) is 0 Å². The molecule has 4 N–H and O–H groups in total. The van der Waals surface area contributed by atoms with Gasteiger partial charge in [-0.25, -0.2) is 9.59 Å².